The Bertz CT molecular complexity index is 326. The minimum absolute atomic E-state index is 0.167. The number of Topliss-reactive ketones (excluding diaryl/α,β-unsaturated/α-hetero) is 2. The van der Waals surface area contributed by atoms with Crippen molar-refractivity contribution in [3.05, 3.63) is 61.2 Å². The van der Waals surface area contributed by atoms with Crippen LogP contribution < -0.4 is 0 Å². The molecule has 0 aliphatic heterocycles. The molecule has 2 heterocycles. The van der Waals surface area contributed by atoms with E-state index >= 15 is 0 Å². The summed E-state index contributed by atoms with van der Waals surface area (Å²) in [4.78, 5) is 26.5. The first-order valence-corrected chi connectivity index (χ1v) is 6.11. The third kappa shape index (κ3) is 36.1. The summed E-state index contributed by atoms with van der Waals surface area (Å²) in [6, 6.07) is 11.4. The van der Waals surface area contributed by atoms with Crippen LogP contribution >= 0.6 is 0 Å². The van der Waals surface area contributed by atoms with Gasteiger partial charge in [0.25, 0.3) is 0 Å². The Morgan fingerprint density at radius 2 is 0.750 bits per heavy atom. The zero-order valence-electron chi connectivity index (χ0n) is 12.5. The summed E-state index contributed by atoms with van der Waals surface area (Å²) in [5.41, 5.74) is 0. The second-order valence-electron chi connectivity index (χ2n) is 3.87. The van der Waals surface area contributed by atoms with Gasteiger partial charge in [-0.05, 0) is 52.0 Å². The first-order chi connectivity index (χ1) is 9.46. The predicted molar refractivity (Wildman–Crippen MR) is 81.2 cm³/mol. The van der Waals surface area contributed by atoms with E-state index < -0.39 is 0 Å². The van der Waals surface area contributed by atoms with E-state index in [2.05, 4.69) is 9.97 Å². The number of nitrogens with zero attached hydrogens (tertiary/aromatic N) is 2. The second-order valence-corrected chi connectivity index (χ2v) is 3.87. The molecule has 0 aliphatic carbocycles. The van der Waals surface area contributed by atoms with Crippen LogP contribution in [0.3, 0.4) is 0 Å². The highest BCUT2D eigenvalue weighted by molar-refractivity contribution is 5.72. The number of hydrogen-bond acceptors (Lipinski definition) is 4. The number of rotatable bonds is 0. The number of ketones is 2. The zero-order chi connectivity index (χ0) is 15.6. The van der Waals surface area contributed by atoms with Crippen molar-refractivity contribution in [2.24, 2.45) is 0 Å². The largest absolute Gasteiger partial charge is 0.300 e. The lowest BCUT2D eigenvalue weighted by molar-refractivity contribution is -0.115. The molecule has 0 saturated carbocycles. The van der Waals surface area contributed by atoms with Crippen LogP contribution in [0, 0.1) is 0 Å². The van der Waals surface area contributed by atoms with E-state index in [9.17, 15) is 9.59 Å². The lowest BCUT2D eigenvalue weighted by atomic mass is 10.5. The average Bonchev–Trinajstić information content (AvgIpc) is 2.42. The summed E-state index contributed by atoms with van der Waals surface area (Å²) in [7, 11) is 0. The maximum absolute atomic E-state index is 9.44. The van der Waals surface area contributed by atoms with Crippen molar-refractivity contribution in [1.29, 1.82) is 0 Å². The molecule has 0 radical (unpaired) electrons. The lowest BCUT2D eigenvalue weighted by Gasteiger charge is -1.70. The van der Waals surface area contributed by atoms with E-state index in [0.717, 1.165) is 0 Å². The SMILES string of the molecule is CC(C)=O.CC(C)=O.c1ccncc1.c1ccncc1. The highest BCUT2D eigenvalue weighted by atomic mass is 16.1. The number of carbonyl (C=O) groups excluding carboxylic acids is 2. The fourth-order valence-corrected chi connectivity index (χ4v) is 0.625. The van der Waals surface area contributed by atoms with Crippen LogP contribution in [0.4, 0.5) is 0 Å². The van der Waals surface area contributed by atoms with Crippen LogP contribution in [0.2, 0.25) is 0 Å². The number of aromatic nitrogens is 2. The molecule has 2 aromatic rings. The molecule has 4 heteroatoms. The molecule has 2 rings (SSSR count). The van der Waals surface area contributed by atoms with Crippen molar-refractivity contribution in [3.63, 3.8) is 0 Å². The van der Waals surface area contributed by atoms with Gasteiger partial charge in [0.05, 0.1) is 0 Å². The summed E-state index contributed by atoms with van der Waals surface area (Å²) < 4.78 is 0. The second kappa shape index (κ2) is 16.6. The topological polar surface area (TPSA) is 59.9 Å². The number of hydrogen-bond donors (Lipinski definition) is 0. The molecule has 0 amide bonds. The molecular formula is C16H22N2O2. The highest BCUT2D eigenvalue weighted by Gasteiger charge is 1.62. The fourth-order valence-electron chi connectivity index (χ4n) is 0.625. The van der Waals surface area contributed by atoms with Crippen molar-refractivity contribution in [2.75, 3.05) is 0 Å². The predicted octanol–water partition coefficient (Wildman–Crippen LogP) is 3.35. The van der Waals surface area contributed by atoms with Gasteiger partial charge in [-0.15, -0.1) is 0 Å². The molecule has 0 fully saturated rings. The Morgan fingerprint density at radius 3 is 0.800 bits per heavy atom. The molecule has 0 atom stereocenters. The molecular weight excluding hydrogens is 252 g/mol. The Kier molecular flexibility index (Phi) is 16.6. The Morgan fingerprint density at radius 1 is 0.550 bits per heavy atom. The standard InChI is InChI=1S/2C5H5N.2C3H6O/c2*1-2-4-6-5-3-1;2*1-3(2)4/h2*1-5H;2*1-2H3. The first-order valence-electron chi connectivity index (χ1n) is 6.11. The van der Waals surface area contributed by atoms with Crippen LogP contribution in [0.25, 0.3) is 0 Å². The Hall–Kier alpha value is -2.36. The summed E-state index contributed by atoms with van der Waals surface area (Å²) in [6.45, 7) is 6.11. The van der Waals surface area contributed by atoms with Crippen molar-refractivity contribution in [1.82, 2.24) is 9.97 Å². The minimum atomic E-state index is 0.167. The normalized spacial score (nSPS) is 7.40. The Balaban J connectivity index is 0. The van der Waals surface area contributed by atoms with Crippen LogP contribution in [0.1, 0.15) is 27.7 Å². The molecule has 0 unspecified atom stereocenters. The fraction of sp³-hybridized carbons (Fsp3) is 0.250. The van der Waals surface area contributed by atoms with Gasteiger partial charge < -0.3 is 9.59 Å². The van der Waals surface area contributed by atoms with Gasteiger partial charge in [-0.25, -0.2) is 0 Å². The van der Waals surface area contributed by atoms with E-state index in [1.165, 1.54) is 27.7 Å². The van der Waals surface area contributed by atoms with E-state index in [4.69, 9.17) is 0 Å². The molecule has 108 valence electrons. The Labute approximate surface area is 120 Å². The van der Waals surface area contributed by atoms with Crippen molar-refractivity contribution < 1.29 is 9.59 Å². The third-order valence-corrected chi connectivity index (χ3v) is 1.13. The molecule has 0 aliphatic rings. The van der Waals surface area contributed by atoms with Crippen molar-refractivity contribution in [2.45, 2.75) is 27.7 Å². The highest BCUT2D eigenvalue weighted by Crippen LogP contribution is 1.74. The summed E-state index contributed by atoms with van der Waals surface area (Å²) in [6.07, 6.45) is 7.00. The summed E-state index contributed by atoms with van der Waals surface area (Å²) in [5.74, 6) is 0.333. The average molecular weight is 274 g/mol. The molecule has 0 aromatic carbocycles. The van der Waals surface area contributed by atoms with Gasteiger partial charge in [-0.3, -0.25) is 9.97 Å². The lowest BCUT2D eigenvalue weighted by Crippen LogP contribution is -1.69. The van der Waals surface area contributed by atoms with Gasteiger partial charge >= 0.3 is 0 Å². The van der Waals surface area contributed by atoms with Crippen LogP contribution in [-0.2, 0) is 9.59 Å². The van der Waals surface area contributed by atoms with Crippen LogP contribution in [0.5, 0.6) is 0 Å². The van der Waals surface area contributed by atoms with E-state index in [0.29, 0.717) is 0 Å². The molecule has 0 N–H and O–H groups in total. The van der Waals surface area contributed by atoms with E-state index in [1.807, 2.05) is 36.4 Å². The van der Waals surface area contributed by atoms with Gasteiger partial charge in [0.2, 0.25) is 0 Å². The van der Waals surface area contributed by atoms with Gasteiger partial charge in [0.15, 0.2) is 0 Å². The third-order valence-electron chi connectivity index (χ3n) is 1.13. The van der Waals surface area contributed by atoms with Crippen LogP contribution in [-0.4, -0.2) is 21.5 Å². The van der Waals surface area contributed by atoms with Crippen LogP contribution in [0.15, 0.2) is 61.2 Å². The van der Waals surface area contributed by atoms with Gasteiger partial charge in [0, 0.05) is 24.8 Å². The minimum Gasteiger partial charge on any atom is -0.300 e. The smallest absolute Gasteiger partial charge is 0.126 e. The molecule has 0 spiro atoms. The molecule has 0 bridgehead atoms. The van der Waals surface area contributed by atoms with Gasteiger partial charge in [-0.1, -0.05) is 12.1 Å². The van der Waals surface area contributed by atoms with Gasteiger partial charge in [0.1, 0.15) is 11.6 Å². The summed E-state index contributed by atoms with van der Waals surface area (Å²) in [5, 5.41) is 0. The zero-order valence-corrected chi connectivity index (χ0v) is 12.5. The first kappa shape index (κ1) is 20.0. The molecule has 2 aromatic heterocycles. The number of carbonyl (C=O) groups is 2. The van der Waals surface area contributed by atoms with Crippen molar-refractivity contribution in [3.8, 4) is 0 Å². The summed E-state index contributed by atoms with van der Waals surface area (Å²) >= 11 is 0. The molecule has 0 saturated heterocycles. The van der Waals surface area contributed by atoms with E-state index in [-0.39, 0.29) is 11.6 Å². The quantitative estimate of drug-likeness (QED) is 0.739. The maximum atomic E-state index is 9.44. The maximum Gasteiger partial charge on any atom is 0.126 e. The molecule has 20 heavy (non-hydrogen) atoms. The van der Waals surface area contributed by atoms with E-state index in [1.54, 1.807) is 24.8 Å². The van der Waals surface area contributed by atoms with Crippen molar-refractivity contribution >= 4 is 11.6 Å². The number of pyridine rings is 2. The van der Waals surface area contributed by atoms with Gasteiger partial charge in [-0.2, -0.15) is 0 Å². The monoisotopic (exact) mass is 274 g/mol. The molecule has 4 nitrogen and oxygen atoms in total.